The second-order valence-electron chi connectivity index (χ2n) is 8.01. The van der Waals surface area contributed by atoms with Crippen LogP contribution in [0.1, 0.15) is 36.0 Å². The predicted molar refractivity (Wildman–Crippen MR) is 123 cm³/mol. The molecule has 2 aromatic carbocycles. The number of nitrogens with one attached hydrogen (secondary N) is 2. The molecule has 8 heteroatoms. The van der Waals surface area contributed by atoms with Crippen molar-refractivity contribution >= 4 is 15.9 Å². The highest BCUT2D eigenvalue weighted by atomic mass is 32.2. The van der Waals surface area contributed by atoms with Crippen molar-refractivity contribution in [1.82, 2.24) is 19.8 Å². The third-order valence-corrected chi connectivity index (χ3v) is 7.13. The fraction of sp³-hybridized carbons (Fsp3) is 0.333. The number of rotatable bonds is 9. The Hall–Kier alpha value is -2.97. The van der Waals surface area contributed by atoms with Crippen LogP contribution >= 0.6 is 0 Å². The maximum atomic E-state index is 12.6. The van der Waals surface area contributed by atoms with Gasteiger partial charge in [0.05, 0.1) is 16.8 Å². The number of carbonyl (C=O) groups excluding carboxylic acids is 1. The van der Waals surface area contributed by atoms with E-state index in [4.69, 9.17) is 0 Å². The van der Waals surface area contributed by atoms with Crippen LogP contribution in [0, 0.1) is 0 Å². The summed E-state index contributed by atoms with van der Waals surface area (Å²) in [5.41, 5.74) is 4.35. The Morgan fingerprint density at radius 2 is 1.78 bits per heavy atom. The van der Waals surface area contributed by atoms with Crippen molar-refractivity contribution in [2.75, 3.05) is 13.1 Å². The molecule has 0 aliphatic heterocycles. The van der Waals surface area contributed by atoms with E-state index in [1.54, 1.807) is 23.0 Å². The Morgan fingerprint density at radius 1 is 1.00 bits per heavy atom. The van der Waals surface area contributed by atoms with E-state index in [0.29, 0.717) is 13.0 Å². The second kappa shape index (κ2) is 10.1. The van der Waals surface area contributed by atoms with Crippen LogP contribution < -0.4 is 10.0 Å². The standard InChI is InChI=1S/C24H28N4O3S/c29-24(25-14-12-19-17-26-28(18-19)22-8-2-1-3-9-22)13-15-27-32(30,31)23-11-10-20-6-4-5-7-21(20)16-23/h1-3,8-11,16-18,27H,4-7,12-15H2,(H,25,29). The Kier molecular flexibility index (Phi) is 7.02. The van der Waals surface area contributed by atoms with Crippen molar-refractivity contribution in [2.24, 2.45) is 0 Å². The van der Waals surface area contributed by atoms with Gasteiger partial charge in [-0.15, -0.1) is 0 Å². The van der Waals surface area contributed by atoms with Crippen molar-refractivity contribution in [3.05, 3.63) is 77.6 Å². The van der Waals surface area contributed by atoms with Crippen molar-refractivity contribution in [3.8, 4) is 5.69 Å². The Morgan fingerprint density at radius 3 is 2.59 bits per heavy atom. The van der Waals surface area contributed by atoms with Gasteiger partial charge in [0.25, 0.3) is 0 Å². The van der Waals surface area contributed by atoms with E-state index in [2.05, 4.69) is 15.1 Å². The van der Waals surface area contributed by atoms with Crippen LogP contribution in [0.15, 0.2) is 65.8 Å². The SMILES string of the molecule is O=C(CCNS(=O)(=O)c1ccc2c(c1)CCCC2)NCCc1cnn(-c2ccccc2)c1. The van der Waals surface area contributed by atoms with E-state index < -0.39 is 10.0 Å². The first-order valence-electron chi connectivity index (χ1n) is 11.0. The molecule has 1 amide bonds. The molecular weight excluding hydrogens is 424 g/mol. The van der Waals surface area contributed by atoms with Crippen LogP contribution in [-0.2, 0) is 34.1 Å². The van der Waals surface area contributed by atoms with Crippen LogP contribution in [0.5, 0.6) is 0 Å². The van der Waals surface area contributed by atoms with Gasteiger partial charge in [0.1, 0.15) is 0 Å². The molecule has 168 valence electrons. The summed E-state index contributed by atoms with van der Waals surface area (Å²) in [6, 6.07) is 15.2. The van der Waals surface area contributed by atoms with Gasteiger partial charge in [0.15, 0.2) is 0 Å². The van der Waals surface area contributed by atoms with E-state index in [1.165, 1.54) is 5.56 Å². The van der Waals surface area contributed by atoms with Crippen LogP contribution in [-0.4, -0.2) is 37.2 Å². The van der Waals surface area contributed by atoms with Crippen molar-refractivity contribution < 1.29 is 13.2 Å². The number of fused-ring (bicyclic) bond motifs is 1. The van der Waals surface area contributed by atoms with Gasteiger partial charge >= 0.3 is 0 Å². The van der Waals surface area contributed by atoms with E-state index in [9.17, 15) is 13.2 Å². The average Bonchev–Trinajstić information content (AvgIpc) is 3.28. The fourth-order valence-corrected chi connectivity index (χ4v) is 4.99. The zero-order valence-electron chi connectivity index (χ0n) is 18.0. The predicted octanol–water partition coefficient (Wildman–Crippen LogP) is 2.78. The molecule has 0 bridgehead atoms. The number of para-hydroxylation sites is 1. The minimum Gasteiger partial charge on any atom is -0.356 e. The lowest BCUT2D eigenvalue weighted by Gasteiger charge is -2.16. The minimum absolute atomic E-state index is 0.0667. The summed E-state index contributed by atoms with van der Waals surface area (Å²) >= 11 is 0. The third kappa shape index (κ3) is 5.63. The van der Waals surface area contributed by atoms with Gasteiger partial charge in [-0.2, -0.15) is 5.10 Å². The summed E-state index contributed by atoms with van der Waals surface area (Å²) in [5, 5.41) is 7.18. The number of aryl methyl sites for hydroxylation is 2. The molecule has 0 fully saturated rings. The lowest BCUT2D eigenvalue weighted by molar-refractivity contribution is -0.120. The quantitative estimate of drug-likeness (QED) is 0.522. The molecule has 0 unspecified atom stereocenters. The molecule has 32 heavy (non-hydrogen) atoms. The maximum absolute atomic E-state index is 12.6. The normalized spacial score (nSPS) is 13.5. The molecule has 0 saturated heterocycles. The molecule has 4 rings (SSSR count). The number of amides is 1. The highest BCUT2D eigenvalue weighted by molar-refractivity contribution is 7.89. The number of benzene rings is 2. The van der Waals surface area contributed by atoms with Gasteiger partial charge in [-0.25, -0.2) is 17.8 Å². The second-order valence-corrected chi connectivity index (χ2v) is 9.78. The van der Waals surface area contributed by atoms with Gasteiger partial charge in [-0.1, -0.05) is 24.3 Å². The zero-order chi connectivity index (χ0) is 22.4. The van der Waals surface area contributed by atoms with Gasteiger partial charge in [0, 0.05) is 25.7 Å². The molecule has 0 radical (unpaired) electrons. The van der Waals surface area contributed by atoms with Gasteiger partial charge in [-0.3, -0.25) is 4.79 Å². The molecule has 1 aliphatic carbocycles. The Bertz CT molecular complexity index is 1170. The molecular formula is C24H28N4O3S. The first-order chi connectivity index (χ1) is 15.5. The summed E-state index contributed by atoms with van der Waals surface area (Å²) < 4.78 is 29.5. The van der Waals surface area contributed by atoms with E-state index in [1.807, 2.05) is 42.6 Å². The first kappa shape index (κ1) is 22.2. The van der Waals surface area contributed by atoms with Crippen LogP contribution in [0.2, 0.25) is 0 Å². The number of hydrogen-bond donors (Lipinski definition) is 2. The van der Waals surface area contributed by atoms with Crippen LogP contribution in [0.4, 0.5) is 0 Å². The van der Waals surface area contributed by atoms with Gasteiger partial charge in [-0.05, 0) is 73.1 Å². The highest BCUT2D eigenvalue weighted by Crippen LogP contribution is 2.24. The monoisotopic (exact) mass is 452 g/mol. The average molecular weight is 453 g/mol. The molecule has 0 atom stereocenters. The molecule has 3 aromatic rings. The van der Waals surface area contributed by atoms with Gasteiger partial charge < -0.3 is 5.32 Å². The lowest BCUT2D eigenvalue weighted by atomic mass is 9.92. The Labute approximate surface area is 188 Å². The molecule has 2 N–H and O–H groups in total. The van der Waals surface area contributed by atoms with Crippen LogP contribution in [0.3, 0.4) is 0 Å². The summed E-state index contributed by atoms with van der Waals surface area (Å²) in [6.45, 7) is 0.536. The smallest absolute Gasteiger partial charge is 0.240 e. The van der Waals surface area contributed by atoms with Gasteiger partial charge in [0.2, 0.25) is 15.9 Å². The number of carbonyl (C=O) groups is 1. The van der Waals surface area contributed by atoms with Crippen molar-refractivity contribution in [1.29, 1.82) is 0 Å². The van der Waals surface area contributed by atoms with Crippen molar-refractivity contribution in [3.63, 3.8) is 0 Å². The number of sulfonamides is 1. The molecule has 1 heterocycles. The molecule has 1 aromatic heterocycles. The summed E-state index contributed by atoms with van der Waals surface area (Å²) in [5.74, 6) is -0.186. The number of hydrogen-bond acceptors (Lipinski definition) is 4. The van der Waals surface area contributed by atoms with Crippen molar-refractivity contribution in [2.45, 2.75) is 43.4 Å². The minimum atomic E-state index is -3.62. The summed E-state index contributed by atoms with van der Waals surface area (Å²) in [6.07, 6.45) is 8.65. The van der Waals surface area contributed by atoms with Crippen LogP contribution in [0.25, 0.3) is 5.69 Å². The number of aromatic nitrogens is 2. The molecule has 1 aliphatic rings. The summed E-state index contributed by atoms with van der Waals surface area (Å²) in [4.78, 5) is 12.4. The molecule has 0 spiro atoms. The van der Waals surface area contributed by atoms with E-state index in [-0.39, 0.29) is 23.8 Å². The molecule has 0 saturated carbocycles. The highest BCUT2D eigenvalue weighted by Gasteiger charge is 2.17. The molecule has 7 nitrogen and oxygen atoms in total. The first-order valence-corrected chi connectivity index (χ1v) is 12.5. The maximum Gasteiger partial charge on any atom is 0.240 e. The fourth-order valence-electron chi connectivity index (χ4n) is 3.90. The Balaban J connectivity index is 1.20. The summed E-state index contributed by atoms with van der Waals surface area (Å²) in [7, 11) is -3.62. The third-order valence-electron chi connectivity index (χ3n) is 5.67. The van der Waals surface area contributed by atoms with E-state index >= 15 is 0 Å². The topological polar surface area (TPSA) is 93.1 Å². The lowest BCUT2D eigenvalue weighted by Crippen LogP contribution is -2.31. The van der Waals surface area contributed by atoms with E-state index in [0.717, 1.165) is 42.5 Å². The zero-order valence-corrected chi connectivity index (χ0v) is 18.8. The number of nitrogens with zero attached hydrogens (tertiary/aromatic N) is 2. The largest absolute Gasteiger partial charge is 0.356 e.